The topological polar surface area (TPSA) is 111 Å². The number of aliphatic hydroxyl groups excluding tert-OH is 1. The first-order chi connectivity index (χ1) is 18.4. The number of hydrogen-bond acceptors (Lipinski definition) is 8. The zero-order valence-corrected chi connectivity index (χ0v) is 24.4. The average molecular weight is 586 g/mol. The second-order valence-electron chi connectivity index (χ2n) is 11.2. The van der Waals surface area contributed by atoms with E-state index >= 15 is 0 Å². The molecule has 0 spiro atoms. The number of nitrogens with two attached hydrogens (primary N) is 1. The van der Waals surface area contributed by atoms with Gasteiger partial charge in [0.2, 0.25) is 10.0 Å². The van der Waals surface area contributed by atoms with Gasteiger partial charge >= 0.3 is 0 Å². The molecule has 3 aliphatic rings. The number of piperazine rings is 1. The maximum atomic E-state index is 14.3. The van der Waals surface area contributed by atoms with Crippen LogP contribution in [-0.2, 0) is 10.0 Å². The number of halogens is 2. The Bertz CT molecular complexity index is 1160. The van der Waals surface area contributed by atoms with Crippen molar-refractivity contribution in [1.29, 1.82) is 0 Å². The van der Waals surface area contributed by atoms with Crippen molar-refractivity contribution in [3.8, 4) is 0 Å². The Morgan fingerprint density at radius 1 is 1.23 bits per heavy atom. The molecule has 3 heterocycles. The van der Waals surface area contributed by atoms with Crippen LogP contribution in [0.1, 0.15) is 57.6 Å². The quantitative estimate of drug-likeness (QED) is 0.350. The largest absolute Gasteiger partial charge is 0.401 e. The predicted molar refractivity (Wildman–Crippen MR) is 152 cm³/mol. The molecule has 2 saturated heterocycles. The van der Waals surface area contributed by atoms with Gasteiger partial charge < -0.3 is 26.4 Å². The standard InChI is InChI=1S/C27H41F2N5O3S2/c1-27(2)18-33(16-12-31-27)13-5-17-39(36,37)34-14-10-19(11-15-34)32-23-9-4-8-22(30)26(38-23)25(35)24-20(28)6-3-7-21(24)29/h3,6-7,9,19,25,31-32,35H,4-5,8,10-18,30H2,1-2H3. The zero-order valence-electron chi connectivity index (χ0n) is 22.8. The van der Waals surface area contributed by atoms with Crippen molar-refractivity contribution in [2.75, 3.05) is 45.0 Å². The molecular formula is C27H41F2N5O3S2. The highest BCUT2D eigenvalue weighted by Crippen LogP contribution is 2.40. The number of rotatable bonds is 9. The minimum Gasteiger partial charge on any atom is -0.401 e. The van der Waals surface area contributed by atoms with Gasteiger partial charge in [-0.1, -0.05) is 23.9 Å². The minimum atomic E-state index is -3.33. The van der Waals surface area contributed by atoms with Crippen molar-refractivity contribution < 1.29 is 22.3 Å². The maximum Gasteiger partial charge on any atom is 0.214 e. The summed E-state index contributed by atoms with van der Waals surface area (Å²) in [5.41, 5.74) is 6.22. The van der Waals surface area contributed by atoms with Gasteiger partial charge in [0.15, 0.2) is 0 Å². The summed E-state index contributed by atoms with van der Waals surface area (Å²) >= 11 is 1.19. The Labute approximate surface area is 235 Å². The van der Waals surface area contributed by atoms with Crippen molar-refractivity contribution in [2.45, 2.75) is 63.6 Å². The molecule has 5 N–H and O–H groups in total. The van der Waals surface area contributed by atoms with E-state index in [1.165, 1.54) is 17.8 Å². The second-order valence-corrected chi connectivity index (χ2v) is 14.4. The van der Waals surface area contributed by atoms with Gasteiger partial charge in [0.1, 0.15) is 17.7 Å². The summed E-state index contributed by atoms with van der Waals surface area (Å²) in [5.74, 6) is -1.50. The van der Waals surface area contributed by atoms with Crippen LogP contribution < -0.4 is 16.4 Å². The Kier molecular flexibility index (Phi) is 9.98. The minimum absolute atomic E-state index is 0.0428. The number of sulfonamides is 1. The summed E-state index contributed by atoms with van der Waals surface area (Å²) in [6.07, 6.45) is 3.43. The lowest BCUT2D eigenvalue weighted by Crippen LogP contribution is -2.57. The van der Waals surface area contributed by atoms with Gasteiger partial charge in [-0.3, -0.25) is 0 Å². The van der Waals surface area contributed by atoms with Gasteiger partial charge in [-0.05, 0) is 64.6 Å². The van der Waals surface area contributed by atoms with Gasteiger partial charge in [-0.25, -0.2) is 21.5 Å². The van der Waals surface area contributed by atoms with E-state index < -0.39 is 33.3 Å². The molecule has 0 aromatic heterocycles. The van der Waals surface area contributed by atoms with Crippen LogP contribution in [0.5, 0.6) is 0 Å². The molecular weight excluding hydrogens is 544 g/mol. The third-order valence-corrected chi connectivity index (χ3v) is 10.7. The van der Waals surface area contributed by atoms with E-state index in [-0.39, 0.29) is 17.3 Å². The van der Waals surface area contributed by atoms with Crippen LogP contribution in [0.4, 0.5) is 8.78 Å². The molecule has 39 heavy (non-hydrogen) atoms. The Morgan fingerprint density at radius 2 is 1.92 bits per heavy atom. The molecule has 0 radical (unpaired) electrons. The molecule has 1 atom stereocenters. The summed E-state index contributed by atoms with van der Waals surface area (Å²) in [7, 11) is -3.33. The van der Waals surface area contributed by atoms with Crippen molar-refractivity contribution in [2.24, 2.45) is 5.73 Å². The first kappa shape index (κ1) is 30.3. The van der Waals surface area contributed by atoms with Crippen molar-refractivity contribution >= 4 is 21.8 Å². The highest BCUT2D eigenvalue weighted by atomic mass is 32.2. The fraction of sp³-hybridized carbons (Fsp3) is 0.630. The van der Waals surface area contributed by atoms with Crippen LogP contribution in [0.25, 0.3) is 0 Å². The molecule has 0 saturated carbocycles. The highest BCUT2D eigenvalue weighted by molar-refractivity contribution is 8.06. The second kappa shape index (κ2) is 12.9. The highest BCUT2D eigenvalue weighted by Gasteiger charge is 2.31. The van der Waals surface area contributed by atoms with Crippen LogP contribution in [0.3, 0.4) is 0 Å². The summed E-state index contributed by atoms with van der Waals surface area (Å²) in [6, 6.07) is 3.53. The third kappa shape index (κ3) is 7.95. The van der Waals surface area contributed by atoms with Crippen LogP contribution in [0, 0.1) is 11.6 Å². The van der Waals surface area contributed by atoms with E-state index in [2.05, 4.69) is 29.4 Å². The summed E-state index contributed by atoms with van der Waals surface area (Å²) in [6.45, 7) is 8.73. The zero-order chi connectivity index (χ0) is 28.2. The molecule has 1 aromatic rings. The molecule has 0 aliphatic carbocycles. The predicted octanol–water partition coefficient (Wildman–Crippen LogP) is 2.99. The van der Waals surface area contributed by atoms with E-state index in [9.17, 15) is 22.3 Å². The van der Waals surface area contributed by atoms with Crippen LogP contribution >= 0.6 is 11.8 Å². The number of hydrogen-bond donors (Lipinski definition) is 4. The molecule has 1 aromatic carbocycles. The maximum absolute atomic E-state index is 14.3. The molecule has 2 fully saturated rings. The molecule has 4 rings (SSSR count). The van der Waals surface area contributed by atoms with Gasteiger partial charge in [0.25, 0.3) is 0 Å². The lowest BCUT2D eigenvalue weighted by molar-refractivity contribution is 0.155. The van der Waals surface area contributed by atoms with Gasteiger partial charge in [-0.15, -0.1) is 0 Å². The molecule has 0 amide bonds. The first-order valence-electron chi connectivity index (χ1n) is 13.7. The number of nitrogens with one attached hydrogen (secondary N) is 2. The van der Waals surface area contributed by atoms with Crippen molar-refractivity contribution in [3.05, 3.63) is 57.1 Å². The van der Waals surface area contributed by atoms with E-state index in [1.54, 1.807) is 4.31 Å². The molecule has 0 bridgehead atoms. The molecule has 1 unspecified atom stereocenters. The monoisotopic (exact) mass is 585 g/mol. The Morgan fingerprint density at radius 3 is 2.59 bits per heavy atom. The van der Waals surface area contributed by atoms with Crippen molar-refractivity contribution in [3.63, 3.8) is 0 Å². The van der Waals surface area contributed by atoms with Gasteiger partial charge in [0, 0.05) is 54.9 Å². The van der Waals surface area contributed by atoms with Crippen LogP contribution in [0.2, 0.25) is 0 Å². The van der Waals surface area contributed by atoms with Crippen LogP contribution in [0.15, 0.2) is 39.9 Å². The fourth-order valence-corrected chi connectivity index (χ4v) is 8.09. The van der Waals surface area contributed by atoms with E-state index in [4.69, 9.17) is 5.73 Å². The smallest absolute Gasteiger partial charge is 0.214 e. The average Bonchev–Trinajstić information content (AvgIpc) is 3.04. The SMILES string of the molecule is CC1(C)CN(CCCS(=O)(=O)N2CCC(NC3=CCCC(N)=C(C(O)c4c(F)cccc4F)S3)CC2)CCN1. The van der Waals surface area contributed by atoms with E-state index in [0.29, 0.717) is 55.8 Å². The number of thioether (sulfide) groups is 1. The number of allylic oxidation sites excluding steroid dienone is 2. The van der Waals surface area contributed by atoms with Crippen molar-refractivity contribution in [1.82, 2.24) is 19.8 Å². The normalized spacial score (nSPS) is 22.8. The molecule has 12 heteroatoms. The number of benzene rings is 1. The summed E-state index contributed by atoms with van der Waals surface area (Å²) in [4.78, 5) is 2.64. The van der Waals surface area contributed by atoms with E-state index in [0.717, 1.165) is 43.3 Å². The fourth-order valence-electron chi connectivity index (χ4n) is 5.45. The third-order valence-electron chi connectivity index (χ3n) is 7.52. The summed E-state index contributed by atoms with van der Waals surface area (Å²) < 4.78 is 56.2. The van der Waals surface area contributed by atoms with E-state index in [1.807, 2.05) is 6.08 Å². The number of piperidine rings is 1. The molecule has 8 nitrogen and oxygen atoms in total. The lowest BCUT2D eigenvalue weighted by atomic mass is 10.0. The number of aliphatic hydroxyl groups is 1. The summed E-state index contributed by atoms with van der Waals surface area (Å²) in [5, 5.41) is 18.5. The van der Waals surface area contributed by atoms with Crippen LogP contribution in [-0.4, -0.2) is 79.3 Å². The van der Waals surface area contributed by atoms with Gasteiger partial charge in [-0.2, -0.15) is 0 Å². The Hall–Kier alpha value is -1.70. The molecule has 3 aliphatic heterocycles. The Balaban J connectivity index is 1.28. The number of nitrogens with zero attached hydrogens (tertiary/aromatic N) is 2. The first-order valence-corrected chi connectivity index (χ1v) is 16.1. The lowest BCUT2D eigenvalue weighted by Gasteiger charge is -2.39. The molecule has 218 valence electrons. The van der Waals surface area contributed by atoms with Gasteiger partial charge in [0.05, 0.1) is 16.3 Å².